The number of likely N-dealkylation sites (N-methyl/N-ethyl adjacent to an activating group) is 1. The monoisotopic (exact) mass is 1180 g/mol. The van der Waals surface area contributed by atoms with Crippen molar-refractivity contribution >= 4 is 62.6 Å². The minimum Gasteiger partial charge on any atom is -0.508 e. The molecule has 7 aromatic rings. The molecule has 13 rings (SSSR count). The van der Waals surface area contributed by atoms with Crippen LogP contribution in [0, 0.1) is 24.1 Å². The van der Waals surface area contributed by atoms with Gasteiger partial charge in [0, 0.05) is 99.6 Å². The van der Waals surface area contributed by atoms with Gasteiger partial charge < -0.3 is 54.4 Å². The number of benzene rings is 3. The number of nitrogens with zero attached hydrogens (tertiary/aromatic N) is 10. The van der Waals surface area contributed by atoms with Gasteiger partial charge in [0.25, 0.3) is 0 Å². The molecule has 3 amide bonds. The number of β-amino-alcohol motifs (C(OH)–C–C–N with tert-alkyl or cyclic N) is 1. The van der Waals surface area contributed by atoms with Crippen molar-refractivity contribution in [3.63, 3.8) is 0 Å². The fourth-order valence-electron chi connectivity index (χ4n) is 14.1. The van der Waals surface area contributed by atoms with E-state index in [9.17, 15) is 24.6 Å². The first-order valence-corrected chi connectivity index (χ1v) is 30.8. The summed E-state index contributed by atoms with van der Waals surface area (Å²) in [4.78, 5) is 71.3. The summed E-state index contributed by atoms with van der Waals surface area (Å²) in [7, 11) is 2.00. The summed E-state index contributed by atoms with van der Waals surface area (Å²) in [6, 6.07) is 18.3. The molecular formula is C63H73FN12O8S. The van der Waals surface area contributed by atoms with Crippen LogP contribution in [0.2, 0.25) is 0 Å². The predicted octanol–water partition coefficient (Wildman–Crippen LogP) is 7.99. The summed E-state index contributed by atoms with van der Waals surface area (Å²) < 4.78 is 35.5. The molecule has 446 valence electrons. The lowest BCUT2D eigenvalue weighted by Gasteiger charge is -2.59. The van der Waals surface area contributed by atoms with Gasteiger partial charge >= 0.3 is 12.1 Å². The maximum Gasteiger partial charge on any atom is 0.409 e. The molecule has 22 heteroatoms. The highest BCUT2D eigenvalue weighted by atomic mass is 32.1. The Labute approximate surface area is 496 Å². The number of piperazine rings is 1. The van der Waals surface area contributed by atoms with Gasteiger partial charge in [-0.05, 0) is 98.5 Å². The number of phenols is 1. The fourth-order valence-corrected chi connectivity index (χ4v) is 14.9. The second kappa shape index (κ2) is 22.7. The Morgan fingerprint density at radius 3 is 2.40 bits per heavy atom. The number of aryl methyl sites for hydroxylation is 2. The number of halogens is 1. The predicted molar refractivity (Wildman–Crippen MR) is 320 cm³/mol. The van der Waals surface area contributed by atoms with E-state index in [1.165, 1.54) is 4.90 Å². The van der Waals surface area contributed by atoms with Gasteiger partial charge in [0.1, 0.15) is 48.0 Å². The number of likely N-dealkylation sites (tertiary alicyclic amines) is 3. The molecule has 0 saturated carbocycles. The standard InChI is InChI=1S/C63H73FN12O8S/c1-7-37-9-8-10-40-19-45(77)20-47(53(37)40)55-54(64)56-48(23-65-55)58(73-24-41-15-16-42(25-73)68-41)70-61(69-56)82-27-43-17-18-44(72(43)6)28-83-62(81)75-31-63(32-75)29-74(30-63)51-22-50(84-71-51)52(34(2)3)60(80)76-26-46(78)21-49(76)59(79)67-35(4)38-11-13-39(14-12-38)57-36(5)66-33-85-57/h8-14,19-20,22-23,33-35,41-44,46,49,52,68,77-78H,7,15-18,21,24-32H2,1-6H3,(H,67,79)/t35-,41-,42+,43-,44-,46+,49-,52-/m0/s1. The average Bonchev–Trinajstić information content (AvgIpc) is 1.33. The Balaban J connectivity index is 0.604. The maximum atomic E-state index is 17.2. The van der Waals surface area contributed by atoms with Crippen LogP contribution in [0.4, 0.5) is 20.8 Å². The average molecular weight is 1180 g/mol. The number of aromatic nitrogens is 5. The van der Waals surface area contributed by atoms with Crippen molar-refractivity contribution in [3.8, 4) is 33.5 Å². The molecule has 0 radical (unpaired) electrons. The largest absolute Gasteiger partial charge is 0.508 e. The number of pyridine rings is 1. The van der Waals surface area contributed by atoms with Crippen molar-refractivity contribution in [2.75, 3.05) is 75.9 Å². The summed E-state index contributed by atoms with van der Waals surface area (Å²) in [5.74, 6) is -0.559. The van der Waals surface area contributed by atoms with E-state index < -0.39 is 23.9 Å². The number of carbonyl (C=O) groups is 3. The lowest BCUT2D eigenvalue weighted by atomic mass is 9.73. The van der Waals surface area contributed by atoms with Crippen molar-refractivity contribution in [1.82, 2.24) is 50.4 Å². The van der Waals surface area contributed by atoms with Crippen LogP contribution in [0.3, 0.4) is 0 Å². The molecule has 3 aromatic carbocycles. The van der Waals surface area contributed by atoms with Gasteiger partial charge in [-0.3, -0.25) is 19.5 Å². The van der Waals surface area contributed by atoms with Gasteiger partial charge in [0.05, 0.1) is 33.6 Å². The number of fused-ring (bicyclic) bond motifs is 4. The topological polar surface area (TPSA) is 228 Å². The third-order valence-electron chi connectivity index (χ3n) is 18.7. The zero-order chi connectivity index (χ0) is 59.0. The molecule has 1 spiro atoms. The molecule has 6 fully saturated rings. The van der Waals surface area contributed by atoms with Gasteiger partial charge in [-0.15, -0.1) is 11.3 Å². The molecule has 4 aromatic heterocycles. The molecule has 10 heterocycles. The number of aromatic hydroxyl groups is 1. The summed E-state index contributed by atoms with van der Waals surface area (Å²) in [5, 5.41) is 34.9. The molecule has 6 saturated heterocycles. The van der Waals surface area contributed by atoms with E-state index in [1.807, 2.05) is 89.6 Å². The minimum absolute atomic E-state index is 0.0200. The number of thiazole rings is 1. The van der Waals surface area contributed by atoms with Crippen molar-refractivity contribution in [3.05, 3.63) is 101 Å². The van der Waals surface area contributed by atoms with E-state index in [2.05, 4.69) is 35.5 Å². The van der Waals surface area contributed by atoms with Crippen LogP contribution < -0.4 is 25.2 Å². The van der Waals surface area contributed by atoms with Crippen LogP contribution in [0.25, 0.3) is 43.4 Å². The highest BCUT2D eigenvalue weighted by molar-refractivity contribution is 7.13. The van der Waals surface area contributed by atoms with Gasteiger partial charge in [-0.1, -0.05) is 68.4 Å². The molecule has 20 nitrogen and oxygen atoms in total. The smallest absolute Gasteiger partial charge is 0.409 e. The number of amides is 3. The van der Waals surface area contributed by atoms with Gasteiger partial charge in [0.2, 0.25) is 11.8 Å². The van der Waals surface area contributed by atoms with Crippen LogP contribution in [0.5, 0.6) is 11.8 Å². The first kappa shape index (κ1) is 56.6. The summed E-state index contributed by atoms with van der Waals surface area (Å²) in [5.41, 5.74) is 6.37. The summed E-state index contributed by atoms with van der Waals surface area (Å²) in [6.45, 7) is 14.1. The third-order valence-corrected chi connectivity index (χ3v) is 19.7. The Morgan fingerprint density at radius 2 is 1.68 bits per heavy atom. The number of aliphatic hydroxyl groups excluding tert-OH is 1. The molecule has 6 aliphatic heterocycles. The van der Waals surface area contributed by atoms with E-state index in [1.54, 1.807) is 40.6 Å². The van der Waals surface area contributed by atoms with E-state index >= 15 is 4.39 Å². The highest BCUT2D eigenvalue weighted by Crippen LogP contribution is 2.44. The van der Waals surface area contributed by atoms with Crippen LogP contribution in [0.1, 0.15) is 94.3 Å². The fraction of sp³-hybridized carbons (Fsp3) is 0.492. The Morgan fingerprint density at radius 1 is 0.929 bits per heavy atom. The Bertz CT molecular complexity index is 3670. The maximum absolute atomic E-state index is 17.2. The zero-order valence-corrected chi connectivity index (χ0v) is 49.6. The van der Waals surface area contributed by atoms with Crippen LogP contribution in [0.15, 0.2) is 76.9 Å². The molecule has 8 atom stereocenters. The lowest BCUT2D eigenvalue weighted by Crippen LogP contribution is -2.73. The third kappa shape index (κ3) is 10.8. The van der Waals surface area contributed by atoms with E-state index in [4.69, 9.17) is 28.9 Å². The number of aliphatic hydroxyl groups is 1. The van der Waals surface area contributed by atoms with Gasteiger partial charge in [-0.2, -0.15) is 9.97 Å². The number of nitrogens with one attached hydrogen (secondary N) is 2. The van der Waals surface area contributed by atoms with Crippen molar-refractivity contribution in [1.29, 1.82) is 0 Å². The molecular weight excluding hydrogens is 1100 g/mol. The SMILES string of the molecule is CCc1cccc2cc(O)cc(-c3ncc4c(N5C[C@H]6CC[C@@H](C5)N6)nc(OC[C@@H]5CC[C@@H](COC(=O)N6CC7(C6)CN(c6cc([C@@H](C(=O)N8C[C@H](O)C[C@H]8C(=O)N[C@@H](C)c8ccc(-c9scnc9C)cc8)C(C)C)on6)C7)N5C)nc4c3F)c12. The van der Waals surface area contributed by atoms with Gasteiger partial charge in [-0.25, -0.2) is 14.2 Å². The highest BCUT2D eigenvalue weighted by Gasteiger charge is 2.55. The molecule has 85 heavy (non-hydrogen) atoms. The van der Waals surface area contributed by atoms with Gasteiger partial charge in [0.15, 0.2) is 17.4 Å². The second-order valence-electron chi connectivity index (χ2n) is 24.9. The van der Waals surface area contributed by atoms with Crippen LogP contribution in [-0.4, -0.2) is 170 Å². The van der Waals surface area contributed by atoms with Crippen LogP contribution in [-0.2, 0) is 20.7 Å². The van der Waals surface area contributed by atoms with Crippen LogP contribution >= 0.6 is 11.3 Å². The molecule has 6 aliphatic rings. The first-order valence-electron chi connectivity index (χ1n) is 29.9. The zero-order valence-electron chi connectivity index (χ0n) is 48.8. The molecule has 0 aliphatic carbocycles. The van der Waals surface area contributed by atoms with E-state index in [-0.39, 0.29) is 96.5 Å². The number of rotatable bonds is 16. The molecule has 0 unspecified atom stereocenters. The number of phenolic OH excluding ortho intramolecular Hbond substituents is 1. The summed E-state index contributed by atoms with van der Waals surface area (Å²) in [6.07, 6.45) is 4.98. The van der Waals surface area contributed by atoms with Crippen molar-refractivity contribution in [2.45, 2.75) is 121 Å². The molecule has 4 N–H and O–H groups in total. The molecule has 2 bridgehead atoms. The Hall–Kier alpha value is -7.53. The second-order valence-corrected chi connectivity index (χ2v) is 25.7. The first-order chi connectivity index (χ1) is 41.0. The van der Waals surface area contributed by atoms with E-state index in [0.717, 1.165) is 63.7 Å². The van der Waals surface area contributed by atoms with Crippen molar-refractivity contribution < 1.29 is 43.0 Å². The number of carbonyl (C=O) groups excluding carboxylic acids is 3. The quantitative estimate of drug-likeness (QED) is 0.0719. The number of anilines is 2. The minimum atomic E-state index is -0.852. The Kier molecular flexibility index (Phi) is 15.1. The lowest BCUT2D eigenvalue weighted by molar-refractivity contribution is -0.141. The van der Waals surface area contributed by atoms with E-state index in [0.29, 0.717) is 86.1 Å². The normalized spacial score (nSPS) is 23.4. The number of ether oxygens (including phenoxy) is 2. The van der Waals surface area contributed by atoms with Crippen molar-refractivity contribution in [2.24, 2.45) is 11.3 Å². The number of hydrogen-bond donors (Lipinski definition) is 4. The summed E-state index contributed by atoms with van der Waals surface area (Å²) >= 11 is 1.58. The number of hydrogen-bond acceptors (Lipinski definition) is 18.